The normalized spacial score (nSPS) is 19.6. The average molecular weight is 302 g/mol. The van der Waals surface area contributed by atoms with Crippen molar-refractivity contribution in [2.75, 3.05) is 6.54 Å². The lowest BCUT2D eigenvalue weighted by Crippen LogP contribution is -2.40. The molecule has 1 saturated heterocycles. The minimum atomic E-state index is -0.959. The summed E-state index contributed by atoms with van der Waals surface area (Å²) in [6, 6.07) is 0.963. The first-order valence-electron chi connectivity index (χ1n) is 5.30. The molecule has 1 unspecified atom stereocenters. The number of nitrogens with zero attached hydrogens (tertiary/aromatic N) is 1. The molecule has 1 aromatic rings. The van der Waals surface area contributed by atoms with Crippen LogP contribution in [-0.2, 0) is 4.79 Å². The van der Waals surface area contributed by atoms with Crippen molar-refractivity contribution in [1.82, 2.24) is 4.90 Å². The topological polar surface area (TPSA) is 70.8 Å². The van der Waals surface area contributed by atoms with Gasteiger partial charge in [-0.25, -0.2) is 4.79 Å². The number of carbonyl (C=O) groups excluding carboxylic acids is 1. The van der Waals surface area contributed by atoms with Crippen LogP contribution in [0.2, 0.25) is 0 Å². The van der Waals surface area contributed by atoms with E-state index in [1.165, 1.54) is 4.90 Å². The summed E-state index contributed by atoms with van der Waals surface area (Å²) in [6.07, 6.45) is 1.21. The Balaban J connectivity index is 2.25. The molecule has 2 rings (SSSR count). The van der Waals surface area contributed by atoms with Gasteiger partial charge in [0.25, 0.3) is 5.91 Å². The average Bonchev–Trinajstić information content (AvgIpc) is 2.83. The van der Waals surface area contributed by atoms with Gasteiger partial charge in [0.1, 0.15) is 6.04 Å². The summed E-state index contributed by atoms with van der Waals surface area (Å²) in [5.74, 6) is -1.10. The van der Waals surface area contributed by atoms with Crippen molar-refractivity contribution in [2.24, 2.45) is 0 Å². The van der Waals surface area contributed by atoms with Crippen molar-refractivity contribution < 1.29 is 19.1 Å². The lowest BCUT2D eigenvalue weighted by atomic mass is 10.2. The van der Waals surface area contributed by atoms with Gasteiger partial charge in [-0.3, -0.25) is 4.79 Å². The maximum atomic E-state index is 12.1. The number of aryl methyl sites for hydroxylation is 1. The number of likely N-dealkylation sites (tertiary alicyclic amines) is 1. The maximum Gasteiger partial charge on any atom is 0.326 e. The molecule has 17 heavy (non-hydrogen) atoms. The van der Waals surface area contributed by atoms with Crippen LogP contribution >= 0.6 is 15.9 Å². The van der Waals surface area contributed by atoms with Gasteiger partial charge < -0.3 is 14.4 Å². The fourth-order valence-corrected chi connectivity index (χ4v) is 2.56. The molecular formula is C11H12BrNO4. The third kappa shape index (κ3) is 2.22. The monoisotopic (exact) mass is 301 g/mol. The Labute approximate surface area is 107 Å². The van der Waals surface area contributed by atoms with E-state index in [9.17, 15) is 9.59 Å². The molecule has 1 aromatic heterocycles. The van der Waals surface area contributed by atoms with E-state index in [2.05, 4.69) is 15.9 Å². The van der Waals surface area contributed by atoms with Crippen LogP contribution in [0.3, 0.4) is 0 Å². The van der Waals surface area contributed by atoms with Crippen molar-refractivity contribution in [3.8, 4) is 0 Å². The van der Waals surface area contributed by atoms with Crippen LogP contribution < -0.4 is 0 Å². The number of hydrogen-bond acceptors (Lipinski definition) is 3. The van der Waals surface area contributed by atoms with Crippen molar-refractivity contribution in [2.45, 2.75) is 25.8 Å². The molecule has 6 heteroatoms. The van der Waals surface area contributed by atoms with Crippen LogP contribution in [0, 0.1) is 6.92 Å². The SMILES string of the molecule is Cc1cc(Br)oc1C(=O)N1CCCC1C(=O)O. The van der Waals surface area contributed by atoms with Gasteiger partial charge in [0.05, 0.1) is 0 Å². The molecule has 1 amide bonds. The summed E-state index contributed by atoms with van der Waals surface area (Å²) in [5.41, 5.74) is 0.706. The van der Waals surface area contributed by atoms with Gasteiger partial charge in [0.15, 0.2) is 10.4 Å². The molecule has 1 fully saturated rings. The van der Waals surface area contributed by atoms with Gasteiger partial charge in [0, 0.05) is 12.1 Å². The van der Waals surface area contributed by atoms with Crippen molar-refractivity contribution in [1.29, 1.82) is 0 Å². The van der Waals surface area contributed by atoms with Gasteiger partial charge >= 0.3 is 5.97 Å². The molecule has 1 aliphatic rings. The molecule has 1 N–H and O–H groups in total. The molecular weight excluding hydrogens is 290 g/mol. The Kier molecular flexibility index (Phi) is 3.24. The third-order valence-electron chi connectivity index (χ3n) is 2.88. The zero-order chi connectivity index (χ0) is 12.6. The second-order valence-electron chi connectivity index (χ2n) is 4.06. The summed E-state index contributed by atoms with van der Waals surface area (Å²) >= 11 is 3.15. The van der Waals surface area contributed by atoms with Crippen LogP contribution in [0.1, 0.15) is 29.0 Å². The number of carboxylic acid groups (broad SMARTS) is 1. The number of hydrogen-bond donors (Lipinski definition) is 1. The summed E-state index contributed by atoms with van der Waals surface area (Å²) in [6.45, 7) is 2.22. The first-order chi connectivity index (χ1) is 8.00. The van der Waals surface area contributed by atoms with E-state index in [0.717, 1.165) is 0 Å². The van der Waals surface area contributed by atoms with Crippen LogP contribution in [0.25, 0.3) is 0 Å². The number of furan rings is 1. The quantitative estimate of drug-likeness (QED) is 0.907. The molecule has 0 radical (unpaired) electrons. The van der Waals surface area contributed by atoms with Crippen molar-refractivity contribution in [3.63, 3.8) is 0 Å². The number of amides is 1. The Hall–Kier alpha value is -1.30. The predicted molar refractivity (Wildman–Crippen MR) is 62.8 cm³/mol. The number of carboxylic acids is 1. The van der Waals surface area contributed by atoms with Gasteiger partial charge in [-0.05, 0) is 41.8 Å². The summed E-state index contributed by atoms with van der Waals surface area (Å²) in [7, 11) is 0. The van der Waals surface area contributed by atoms with E-state index in [-0.39, 0.29) is 11.7 Å². The lowest BCUT2D eigenvalue weighted by molar-refractivity contribution is -0.141. The van der Waals surface area contributed by atoms with Crippen LogP contribution in [-0.4, -0.2) is 34.5 Å². The number of halogens is 1. The molecule has 5 nitrogen and oxygen atoms in total. The van der Waals surface area contributed by atoms with E-state index in [4.69, 9.17) is 9.52 Å². The summed E-state index contributed by atoms with van der Waals surface area (Å²) in [5, 5.41) is 9.02. The second-order valence-corrected chi connectivity index (χ2v) is 4.84. The van der Waals surface area contributed by atoms with Crippen molar-refractivity contribution >= 4 is 27.8 Å². The highest BCUT2D eigenvalue weighted by atomic mass is 79.9. The highest BCUT2D eigenvalue weighted by Crippen LogP contribution is 2.25. The van der Waals surface area contributed by atoms with Gasteiger partial charge in [-0.15, -0.1) is 0 Å². The standard InChI is InChI=1S/C11H12BrNO4/c1-6-5-8(12)17-9(6)10(14)13-4-2-3-7(13)11(15)16/h5,7H,2-4H2,1H3,(H,15,16). The first-order valence-corrected chi connectivity index (χ1v) is 6.09. The minimum absolute atomic E-state index is 0.213. The molecule has 0 aromatic carbocycles. The van der Waals surface area contributed by atoms with Gasteiger partial charge in [-0.1, -0.05) is 0 Å². The smallest absolute Gasteiger partial charge is 0.326 e. The van der Waals surface area contributed by atoms with Crippen LogP contribution in [0.5, 0.6) is 0 Å². The fraction of sp³-hybridized carbons (Fsp3) is 0.455. The van der Waals surface area contributed by atoms with E-state index < -0.39 is 12.0 Å². The van der Waals surface area contributed by atoms with E-state index in [0.29, 0.717) is 29.6 Å². The minimum Gasteiger partial charge on any atom is -0.480 e. The molecule has 0 saturated carbocycles. The molecule has 0 bridgehead atoms. The Morgan fingerprint density at radius 1 is 1.59 bits per heavy atom. The third-order valence-corrected chi connectivity index (χ3v) is 3.27. The zero-order valence-corrected chi connectivity index (χ0v) is 10.9. The molecule has 1 atom stereocenters. The number of carbonyl (C=O) groups is 2. The van der Waals surface area contributed by atoms with Gasteiger partial charge in [0.2, 0.25) is 0 Å². The molecule has 92 valence electrons. The number of aliphatic carboxylic acids is 1. The highest BCUT2D eigenvalue weighted by molar-refractivity contribution is 9.10. The largest absolute Gasteiger partial charge is 0.480 e. The fourth-order valence-electron chi connectivity index (χ4n) is 2.05. The Morgan fingerprint density at radius 2 is 2.29 bits per heavy atom. The Bertz CT molecular complexity index is 468. The molecule has 0 spiro atoms. The predicted octanol–water partition coefficient (Wildman–Crippen LogP) is 2.04. The highest BCUT2D eigenvalue weighted by Gasteiger charge is 2.36. The van der Waals surface area contributed by atoms with Crippen molar-refractivity contribution in [3.05, 3.63) is 22.1 Å². The van der Waals surface area contributed by atoms with E-state index in [1.807, 2.05) is 0 Å². The first kappa shape index (κ1) is 12.2. The molecule has 1 aliphatic heterocycles. The molecule has 0 aliphatic carbocycles. The summed E-state index contributed by atoms with van der Waals surface area (Å²) < 4.78 is 5.73. The molecule has 2 heterocycles. The van der Waals surface area contributed by atoms with E-state index >= 15 is 0 Å². The van der Waals surface area contributed by atoms with Crippen LogP contribution in [0.4, 0.5) is 0 Å². The van der Waals surface area contributed by atoms with E-state index in [1.54, 1.807) is 13.0 Å². The Morgan fingerprint density at radius 3 is 2.82 bits per heavy atom. The number of rotatable bonds is 2. The van der Waals surface area contributed by atoms with Gasteiger partial charge in [-0.2, -0.15) is 0 Å². The summed E-state index contributed by atoms with van der Waals surface area (Å²) in [4.78, 5) is 24.5. The maximum absolute atomic E-state index is 12.1. The zero-order valence-electron chi connectivity index (χ0n) is 9.27. The second kappa shape index (κ2) is 4.52. The lowest BCUT2D eigenvalue weighted by Gasteiger charge is -2.20. The van der Waals surface area contributed by atoms with Crippen LogP contribution in [0.15, 0.2) is 15.2 Å².